The molecule has 0 unspecified atom stereocenters. The molecule has 1 aromatic heterocycles. The lowest BCUT2D eigenvalue weighted by Gasteiger charge is -2.14. The van der Waals surface area contributed by atoms with Gasteiger partial charge in [-0.2, -0.15) is 0 Å². The van der Waals surface area contributed by atoms with Gasteiger partial charge in [0.15, 0.2) is 11.5 Å². The number of ether oxygens (including phenoxy) is 4. The quantitative estimate of drug-likeness (QED) is 0.267. The van der Waals surface area contributed by atoms with E-state index in [9.17, 15) is 9.59 Å². The molecule has 9 heteroatoms. The van der Waals surface area contributed by atoms with Crippen LogP contribution >= 0.6 is 22.6 Å². The first kappa shape index (κ1) is 22.7. The largest absolute Gasteiger partial charge is 0.495 e. The highest BCUT2D eigenvalue weighted by Crippen LogP contribution is 2.41. The van der Waals surface area contributed by atoms with Gasteiger partial charge in [-0.3, -0.25) is 9.59 Å². The van der Waals surface area contributed by atoms with E-state index < -0.39 is 0 Å². The molecular weight excluding hydrogens is 515 g/mol. The van der Waals surface area contributed by atoms with Gasteiger partial charge in [0, 0.05) is 18.0 Å². The van der Waals surface area contributed by atoms with E-state index in [4.69, 9.17) is 18.9 Å². The summed E-state index contributed by atoms with van der Waals surface area (Å²) in [5, 5.41) is 3.58. The minimum atomic E-state index is -0.316. The molecule has 0 bridgehead atoms. The third kappa shape index (κ3) is 4.01. The zero-order chi connectivity index (χ0) is 22.7. The molecule has 31 heavy (non-hydrogen) atoms. The molecule has 0 radical (unpaired) electrons. The number of anilines is 1. The number of rotatable bonds is 8. The van der Waals surface area contributed by atoms with Crippen molar-refractivity contribution in [2.24, 2.45) is 7.05 Å². The Morgan fingerprint density at radius 3 is 2.10 bits per heavy atom. The fourth-order valence-electron chi connectivity index (χ4n) is 3.56. The summed E-state index contributed by atoms with van der Waals surface area (Å²) in [5.41, 5.74) is 1.76. The fourth-order valence-corrected chi connectivity index (χ4v) is 3.75. The lowest BCUT2D eigenvalue weighted by Crippen LogP contribution is -2.17. The number of methoxy groups -OCH3 is 4. The molecule has 1 N–H and O–H groups in total. The van der Waals surface area contributed by atoms with Crippen LogP contribution in [0.25, 0.3) is 10.9 Å². The molecule has 0 fully saturated rings. The third-order valence-electron chi connectivity index (χ3n) is 4.92. The number of hydrogen-bond acceptors (Lipinski definition) is 6. The van der Waals surface area contributed by atoms with Crippen molar-refractivity contribution in [1.82, 2.24) is 4.57 Å². The van der Waals surface area contributed by atoms with E-state index in [-0.39, 0.29) is 16.1 Å². The van der Waals surface area contributed by atoms with Crippen LogP contribution < -0.4 is 24.3 Å². The Labute approximate surface area is 193 Å². The second-order valence-corrected chi connectivity index (χ2v) is 7.33. The van der Waals surface area contributed by atoms with Gasteiger partial charge in [0.2, 0.25) is 17.4 Å². The van der Waals surface area contributed by atoms with Crippen molar-refractivity contribution < 1.29 is 28.5 Å². The Kier molecular flexibility index (Phi) is 6.94. The number of halogens is 1. The lowest BCUT2D eigenvalue weighted by atomic mass is 10.0. The molecule has 3 rings (SSSR count). The van der Waals surface area contributed by atoms with Crippen molar-refractivity contribution in [2.45, 2.75) is 0 Å². The highest BCUT2D eigenvalue weighted by atomic mass is 127. The van der Waals surface area contributed by atoms with Crippen LogP contribution in [0.2, 0.25) is 0 Å². The molecule has 1 heterocycles. The maximum absolute atomic E-state index is 13.7. The summed E-state index contributed by atoms with van der Waals surface area (Å²) in [6, 6.07) is 8.63. The predicted molar refractivity (Wildman–Crippen MR) is 127 cm³/mol. The Hall–Kier alpha value is -2.95. The van der Waals surface area contributed by atoms with Crippen LogP contribution in [-0.2, 0) is 11.8 Å². The van der Waals surface area contributed by atoms with Gasteiger partial charge in [-0.15, -0.1) is 0 Å². The van der Waals surface area contributed by atoms with Crippen molar-refractivity contribution in [3.8, 4) is 23.0 Å². The number of hydrogen-bond donors (Lipinski definition) is 1. The van der Waals surface area contributed by atoms with Gasteiger partial charge in [0.1, 0.15) is 11.4 Å². The van der Waals surface area contributed by atoms with Crippen LogP contribution in [0.3, 0.4) is 0 Å². The molecule has 0 aliphatic carbocycles. The van der Waals surface area contributed by atoms with E-state index in [0.717, 1.165) is 0 Å². The second kappa shape index (κ2) is 9.46. The molecule has 0 aliphatic heterocycles. The monoisotopic (exact) mass is 538 g/mol. The number of carbonyl (C=O) groups excluding carboxylic acids is 2. The van der Waals surface area contributed by atoms with Crippen molar-refractivity contribution >= 4 is 50.9 Å². The highest BCUT2D eigenvalue weighted by Gasteiger charge is 2.27. The Bertz CT molecular complexity index is 1130. The van der Waals surface area contributed by atoms with Crippen molar-refractivity contribution in [3.05, 3.63) is 41.6 Å². The van der Waals surface area contributed by atoms with Gasteiger partial charge >= 0.3 is 0 Å². The number of para-hydroxylation sites is 1. The van der Waals surface area contributed by atoms with Crippen LogP contribution in [-0.4, -0.2) is 49.1 Å². The number of aryl methyl sites for hydroxylation is 1. The van der Waals surface area contributed by atoms with E-state index in [1.807, 2.05) is 34.7 Å². The predicted octanol–water partition coefficient (Wildman–Crippen LogP) is 3.82. The zero-order valence-corrected chi connectivity index (χ0v) is 20.0. The first-order chi connectivity index (χ1) is 14.9. The maximum atomic E-state index is 13.7. The summed E-state index contributed by atoms with van der Waals surface area (Å²) >= 11 is 1.98. The molecule has 0 saturated carbocycles. The van der Waals surface area contributed by atoms with Crippen molar-refractivity contribution in [1.29, 1.82) is 0 Å². The summed E-state index contributed by atoms with van der Waals surface area (Å²) in [5.74, 6) is 1.17. The molecular formula is C22H23IN2O6. The van der Waals surface area contributed by atoms with Gasteiger partial charge in [-0.25, -0.2) is 0 Å². The van der Waals surface area contributed by atoms with E-state index in [2.05, 4.69) is 5.32 Å². The molecule has 0 atom stereocenters. The number of aromatic nitrogens is 1. The number of nitrogens with one attached hydrogen (secondary N) is 1. The average molecular weight is 538 g/mol. The van der Waals surface area contributed by atoms with Gasteiger partial charge in [-0.1, -0.05) is 34.7 Å². The molecule has 1 amide bonds. The van der Waals surface area contributed by atoms with E-state index >= 15 is 0 Å². The molecule has 0 saturated heterocycles. The van der Waals surface area contributed by atoms with E-state index in [0.29, 0.717) is 50.8 Å². The minimum absolute atomic E-state index is 0.213. The lowest BCUT2D eigenvalue weighted by molar-refractivity contribution is -0.113. The van der Waals surface area contributed by atoms with Crippen molar-refractivity contribution in [2.75, 3.05) is 38.2 Å². The summed E-state index contributed by atoms with van der Waals surface area (Å²) < 4.78 is 23.6. The molecule has 8 nitrogen and oxygen atoms in total. The fraction of sp³-hybridized carbons (Fsp3) is 0.273. The number of amides is 1. The van der Waals surface area contributed by atoms with Gasteiger partial charge < -0.3 is 28.8 Å². The first-order valence-electron chi connectivity index (χ1n) is 9.27. The Balaban J connectivity index is 2.29. The first-order valence-corrected chi connectivity index (χ1v) is 10.8. The molecule has 3 aromatic rings. The highest BCUT2D eigenvalue weighted by molar-refractivity contribution is 14.1. The van der Waals surface area contributed by atoms with Crippen LogP contribution in [0, 0.1) is 0 Å². The average Bonchev–Trinajstić information content (AvgIpc) is 3.08. The van der Waals surface area contributed by atoms with E-state index in [1.165, 1.54) is 21.3 Å². The molecule has 0 aliphatic rings. The Morgan fingerprint density at radius 2 is 1.58 bits per heavy atom. The van der Waals surface area contributed by atoms with Crippen LogP contribution in [0.4, 0.5) is 5.69 Å². The SMILES string of the molecule is COc1cc(C(=O)c2c(NC(=O)CI)c3cccc(OC)c3n2C)cc(OC)c1OC. The van der Waals surface area contributed by atoms with Crippen LogP contribution in [0.15, 0.2) is 30.3 Å². The molecule has 2 aromatic carbocycles. The smallest absolute Gasteiger partial charge is 0.234 e. The number of ketones is 1. The number of alkyl halides is 1. The van der Waals surface area contributed by atoms with Crippen molar-refractivity contribution in [3.63, 3.8) is 0 Å². The number of carbonyl (C=O) groups is 2. The number of benzene rings is 2. The minimum Gasteiger partial charge on any atom is -0.495 e. The van der Waals surface area contributed by atoms with Crippen LogP contribution in [0.5, 0.6) is 23.0 Å². The summed E-state index contributed by atoms with van der Waals surface area (Å²) in [6.45, 7) is 0. The van der Waals surface area contributed by atoms with E-state index in [1.54, 1.807) is 36.9 Å². The maximum Gasteiger partial charge on any atom is 0.234 e. The molecule has 0 spiro atoms. The van der Waals surface area contributed by atoms with Gasteiger partial charge in [0.05, 0.1) is 44.1 Å². The summed E-state index contributed by atoms with van der Waals surface area (Å²) in [4.78, 5) is 26.0. The summed E-state index contributed by atoms with van der Waals surface area (Å²) in [6.07, 6.45) is 0. The van der Waals surface area contributed by atoms with Gasteiger partial charge in [0.25, 0.3) is 0 Å². The second-order valence-electron chi connectivity index (χ2n) is 6.56. The zero-order valence-electron chi connectivity index (χ0n) is 17.9. The number of fused-ring (bicyclic) bond motifs is 1. The third-order valence-corrected chi connectivity index (χ3v) is 5.62. The van der Waals surface area contributed by atoms with Gasteiger partial charge in [-0.05, 0) is 18.2 Å². The summed E-state index contributed by atoms with van der Waals surface area (Å²) in [7, 11) is 7.79. The Morgan fingerprint density at radius 1 is 0.968 bits per heavy atom. The normalized spacial score (nSPS) is 10.6. The van der Waals surface area contributed by atoms with Crippen LogP contribution in [0.1, 0.15) is 16.1 Å². The topological polar surface area (TPSA) is 88.0 Å². The standard InChI is InChI=1S/C22H23IN2O6/c1-25-19-13(7-6-8-14(19)28-2)18(24-17(26)11-23)20(25)21(27)12-9-15(29-3)22(31-5)16(10-12)30-4/h6-10H,11H2,1-5H3,(H,24,26). The molecule has 164 valence electrons. The number of nitrogens with zero attached hydrogens (tertiary/aromatic N) is 1.